The van der Waals surface area contributed by atoms with Gasteiger partial charge < -0.3 is 9.64 Å². The first-order chi connectivity index (χ1) is 5.20. The normalized spacial score (nSPS) is 10.1. The van der Waals surface area contributed by atoms with Crippen LogP contribution in [0.3, 0.4) is 0 Å². The van der Waals surface area contributed by atoms with E-state index in [4.69, 9.17) is 0 Å². The summed E-state index contributed by atoms with van der Waals surface area (Å²) in [6.07, 6.45) is 4.20. The molecule has 3 nitrogen and oxygen atoms in total. The van der Waals surface area contributed by atoms with Gasteiger partial charge in [0, 0.05) is 25.9 Å². The van der Waals surface area contributed by atoms with E-state index in [0.29, 0.717) is 0 Å². The van der Waals surface area contributed by atoms with Crippen LogP contribution < -0.4 is 0 Å². The summed E-state index contributed by atoms with van der Waals surface area (Å²) in [6, 6.07) is 0. The van der Waals surface area contributed by atoms with Gasteiger partial charge in [-0.15, -0.1) is 0 Å². The van der Waals surface area contributed by atoms with Gasteiger partial charge in [-0.2, -0.15) is 0 Å². The zero-order valence-corrected chi connectivity index (χ0v) is 7.33. The Kier molecular flexibility index (Phi) is 5.25. The fourth-order valence-electron chi connectivity index (χ4n) is 0.683. The van der Waals surface area contributed by atoms with Crippen molar-refractivity contribution in [2.45, 2.75) is 13.3 Å². The molecule has 0 aliphatic heterocycles. The van der Waals surface area contributed by atoms with E-state index in [2.05, 4.69) is 11.7 Å². The highest BCUT2D eigenvalue weighted by molar-refractivity contribution is 5.81. The van der Waals surface area contributed by atoms with Gasteiger partial charge in [0.1, 0.15) is 0 Å². The third-order valence-corrected chi connectivity index (χ3v) is 1.24. The van der Waals surface area contributed by atoms with E-state index >= 15 is 0 Å². The van der Waals surface area contributed by atoms with E-state index in [1.807, 2.05) is 11.9 Å². The van der Waals surface area contributed by atoms with Crippen molar-refractivity contribution >= 4 is 5.97 Å². The van der Waals surface area contributed by atoms with Crippen molar-refractivity contribution in [2.24, 2.45) is 0 Å². The summed E-state index contributed by atoms with van der Waals surface area (Å²) in [5.41, 5.74) is 0. The first-order valence-electron chi connectivity index (χ1n) is 3.67. The Morgan fingerprint density at radius 3 is 2.73 bits per heavy atom. The molecular formula is C8H15NO2. The SMILES string of the molecule is CCCN(C)C=CC(=O)OC. The van der Waals surface area contributed by atoms with Crippen LogP contribution in [0.1, 0.15) is 13.3 Å². The molecule has 0 heterocycles. The molecule has 0 aliphatic carbocycles. The summed E-state index contributed by atoms with van der Waals surface area (Å²) in [4.78, 5) is 12.5. The third-order valence-electron chi connectivity index (χ3n) is 1.24. The van der Waals surface area contributed by atoms with Crippen LogP contribution in [0.15, 0.2) is 12.3 Å². The van der Waals surface area contributed by atoms with Gasteiger partial charge in [0.05, 0.1) is 7.11 Å². The van der Waals surface area contributed by atoms with Gasteiger partial charge in [-0.25, -0.2) is 4.79 Å². The molecule has 0 aliphatic rings. The second kappa shape index (κ2) is 5.77. The van der Waals surface area contributed by atoms with E-state index in [9.17, 15) is 4.79 Å². The predicted molar refractivity (Wildman–Crippen MR) is 44.1 cm³/mol. The molecule has 0 saturated heterocycles. The summed E-state index contributed by atoms with van der Waals surface area (Å²) >= 11 is 0. The molecule has 64 valence electrons. The van der Waals surface area contributed by atoms with E-state index in [-0.39, 0.29) is 5.97 Å². The molecule has 0 fully saturated rings. The number of hydrogen-bond acceptors (Lipinski definition) is 3. The maximum absolute atomic E-state index is 10.6. The first kappa shape index (κ1) is 10.0. The number of ether oxygens (including phenoxy) is 1. The lowest BCUT2D eigenvalue weighted by atomic mass is 10.4. The first-order valence-corrected chi connectivity index (χ1v) is 3.67. The molecule has 3 heteroatoms. The molecule has 0 atom stereocenters. The Morgan fingerprint density at radius 2 is 2.27 bits per heavy atom. The highest BCUT2D eigenvalue weighted by Crippen LogP contribution is 1.87. The Bertz CT molecular complexity index is 143. The lowest BCUT2D eigenvalue weighted by Gasteiger charge is -2.10. The molecule has 11 heavy (non-hydrogen) atoms. The van der Waals surface area contributed by atoms with Gasteiger partial charge in [-0.1, -0.05) is 6.92 Å². The van der Waals surface area contributed by atoms with Gasteiger partial charge in [-0.05, 0) is 6.42 Å². The Balaban J connectivity index is 3.63. The number of carbonyl (C=O) groups is 1. The minimum atomic E-state index is -0.312. The summed E-state index contributed by atoms with van der Waals surface area (Å²) < 4.78 is 4.43. The Hall–Kier alpha value is -0.990. The van der Waals surface area contributed by atoms with Crippen molar-refractivity contribution in [2.75, 3.05) is 20.7 Å². The summed E-state index contributed by atoms with van der Waals surface area (Å²) in [5.74, 6) is -0.312. The summed E-state index contributed by atoms with van der Waals surface area (Å²) in [6.45, 7) is 3.04. The van der Waals surface area contributed by atoms with Crippen molar-refractivity contribution in [1.29, 1.82) is 0 Å². The molecule has 0 saturated carbocycles. The minimum absolute atomic E-state index is 0.312. The summed E-state index contributed by atoms with van der Waals surface area (Å²) in [7, 11) is 3.29. The summed E-state index contributed by atoms with van der Waals surface area (Å²) in [5, 5.41) is 0. The van der Waals surface area contributed by atoms with Crippen LogP contribution >= 0.6 is 0 Å². The van der Waals surface area contributed by atoms with Crippen LogP contribution in [0, 0.1) is 0 Å². The molecule has 0 unspecified atom stereocenters. The maximum Gasteiger partial charge on any atom is 0.331 e. The molecule has 0 rings (SSSR count). The van der Waals surface area contributed by atoms with E-state index in [0.717, 1.165) is 13.0 Å². The van der Waals surface area contributed by atoms with E-state index in [1.54, 1.807) is 6.20 Å². The number of methoxy groups -OCH3 is 1. The van der Waals surface area contributed by atoms with Gasteiger partial charge in [0.15, 0.2) is 0 Å². The number of carbonyl (C=O) groups excluding carboxylic acids is 1. The molecule has 0 aromatic heterocycles. The largest absolute Gasteiger partial charge is 0.466 e. The van der Waals surface area contributed by atoms with Crippen LogP contribution in [0.2, 0.25) is 0 Å². The van der Waals surface area contributed by atoms with Gasteiger partial charge in [0.25, 0.3) is 0 Å². The quantitative estimate of drug-likeness (QED) is 0.450. The van der Waals surface area contributed by atoms with Crippen LogP contribution in [0.4, 0.5) is 0 Å². The fraction of sp³-hybridized carbons (Fsp3) is 0.625. The highest BCUT2D eigenvalue weighted by Gasteiger charge is 1.91. The molecule has 0 spiro atoms. The van der Waals surface area contributed by atoms with Crippen LogP contribution in [0.5, 0.6) is 0 Å². The number of nitrogens with zero attached hydrogens (tertiary/aromatic N) is 1. The highest BCUT2D eigenvalue weighted by atomic mass is 16.5. The fourth-order valence-corrected chi connectivity index (χ4v) is 0.683. The lowest BCUT2D eigenvalue weighted by molar-refractivity contribution is -0.134. The van der Waals surface area contributed by atoms with Gasteiger partial charge in [-0.3, -0.25) is 0 Å². The molecular weight excluding hydrogens is 142 g/mol. The number of rotatable bonds is 4. The molecule has 0 aromatic rings. The molecule has 0 amide bonds. The number of esters is 1. The zero-order chi connectivity index (χ0) is 8.69. The topological polar surface area (TPSA) is 29.5 Å². The second-order valence-corrected chi connectivity index (χ2v) is 2.32. The predicted octanol–water partition coefficient (Wildman–Crippen LogP) is 1.01. The molecule has 0 aromatic carbocycles. The third kappa shape index (κ3) is 5.45. The smallest absolute Gasteiger partial charge is 0.331 e. The lowest BCUT2D eigenvalue weighted by Crippen LogP contribution is -2.11. The van der Waals surface area contributed by atoms with Gasteiger partial charge in [0.2, 0.25) is 0 Å². The average Bonchev–Trinajstić information content (AvgIpc) is 2.01. The Morgan fingerprint density at radius 1 is 1.64 bits per heavy atom. The zero-order valence-electron chi connectivity index (χ0n) is 7.33. The minimum Gasteiger partial charge on any atom is -0.466 e. The molecule has 0 bridgehead atoms. The van der Waals surface area contributed by atoms with Crippen LogP contribution in [-0.2, 0) is 9.53 Å². The molecule has 0 radical (unpaired) electrons. The van der Waals surface area contributed by atoms with Crippen molar-refractivity contribution < 1.29 is 9.53 Å². The Labute approximate surface area is 67.6 Å². The number of hydrogen-bond donors (Lipinski definition) is 0. The maximum atomic E-state index is 10.6. The standard InChI is InChI=1S/C8H15NO2/c1-4-6-9(2)7-5-8(10)11-3/h5,7H,4,6H2,1-3H3. The van der Waals surface area contributed by atoms with Crippen LogP contribution in [-0.4, -0.2) is 31.6 Å². The molecule has 0 N–H and O–H groups in total. The van der Waals surface area contributed by atoms with E-state index in [1.165, 1.54) is 13.2 Å². The van der Waals surface area contributed by atoms with Crippen molar-refractivity contribution in [3.8, 4) is 0 Å². The monoisotopic (exact) mass is 157 g/mol. The van der Waals surface area contributed by atoms with E-state index < -0.39 is 0 Å². The average molecular weight is 157 g/mol. The van der Waals surface area contributed by atoms with Crippen molar-refractivity contribution in [1.82, 2.24) is 4.90 Å². The van der Waals surface area contributed by atoms with Gasteiger partial charge >= 0.3 is 5.97 Å². The van der Waals surface area contributed by atoms with Crippen molar-refractivity contribution in [3.05, 3.63) is 12.3 Å². The van der Waals surface area contributed by atoms with Crippen molar-refractivity contribution in [3.63, 3.8) is 0 Å². The van der Waals surface area contributed by atoms with Crippen LogP contribution in [0.25, 0.3) is 0 Å². The second-order valence-electron chi connectivity index (χ2n) is 2.32.